The average Bonchev–Trinajstić information content (AvgIpc) is 2.50. The molecule has 108 valence electrons. The molecule has 0 N–H and O–H groups in total. The van der Waals surface area contributed by atoms with Crippen molar-refractivity contribution < 1.29 is 4.74 Å². The van der Waals surface area contributed by atoms with Crippen LogP contribution in [0, 0.1) is 5.92 Å². The summed E-state index contributed by atoms with van der Waals surface area (Å²) in [5.41, 5.74) is 3.67. The molecule has 0 radical (unpaired) electrons. The maximum atomic E-state index is 5.51. The molecule has 3 aliphatic rings. The van der Waals surface area contributed by atoms with Crippen molar-refractivity contribution in [3.05, 3.63) is 29.3 Å². The average molecular weight is 311 g/mol. The van der Waals surface area contributed by atoms with Crippen molar-refractivity contribution in [1.82, 2.24) is 4.90 Å². The van der Waals surface area contributed by atoms with Crippen molar-refractivity contribution in [2.45, 2.75) is 50.0 Å². The molecule has 0 aromatic heterocycles. The van der Waals surface area contributed by atoms with Crippen molar-refractivity contribution in [2.75, 3.05) is 20.7 Å². The van der Waals surface area contributed by atoms with E-state index in [0.717, 1.165) is 17.7 Å². The predicted molar refractivity (Wildman–Crippen MR) is 87.1 cm³/mol. The van der Waals surface area contributed by atoms with E-state index in [1.165, 1.54) is 45.1 Å². The Hall–Kier alpha value is 0.240. The van der Waals surface area contributed by atoms with E-state index in [9.17, 15) is 0 Å². The first-order valence-corrected chi connectivity index (χ1v) is 8.12. The number of hydrogen-bond donors (Lipinski definition) is 0. The zero-order valence-corrected chi connectivity index (χ0v) is 15.6. The molecule has 2 fully saturated rings. The van der Waals surface area contributed by atoms with Gasteiger partial charge in [-0.25, -0.2) is 0 Å². The predicted octanol–water partition coefficient (Wildman–Crippen LogP) is 3.00. The van der Waals surface area contributed by atoms with E-state index in [4.69, 9.17) is 4.74 Å². The van der Waals surface area contributed by atoms with Gasteiger partial charge in [-0.05, 0) is 68.5 Å². The molecule has 2 aliphatic carbocycles. The summed E-state index contributed by atoms with van der Waals surface area (Å²) in [6, 6.07) is 7.60. The summed E-state index contributed by atoms with van der Waals surface area (Å²) in [6.07, 6.45) is 8.22. The molecule has 1 saturated heterocycles. The Kier molecular flexibility index (Phi) is 4.63. The van der Waals surface area contributed by atoms with Gasteiger partial charge in [0.15, 0.2) is 0 Å². The number of hydrogen-bond acceptors (Lipinski definition) is 2. The Bertz CT molecular complexity index is 532. The second kappa shape index (κ2) is 6.03. The molecule has 1 heterocycles. The number of fused-ring (bicyclic) bond motifs is 1. The Morgan fingerprint density at radius 3 is 2.90 bits per heavy atom. The zero-order valence-electron chi connectivity index (χ0n) is 13.4. The third kappa shape index (κ3) is 2.38. The van der Waals surface area contributed by atoms with Crippen LogP contribution in [0.2, 0.25) is 0 Å². The standard InChI is InChI=1S/C18H25NO.Ca/c1-19-10-9-18-8-4-3-5-15(18)17(19)11-13-6-7-14(20-2)12-16(13)18;/h6-7,12,15,17H,3-5,8-11H2,1-2H3;/q;+2/t15-,17+,18+;/m1./s1. The summed E-state index contributed by atoms with van der Waals surface area (Å²) in [4.78, 5) is 2.63. The van der Waals surface area contributed by atoms with Crippen LogP contribution in [-0.2, 0) is 11.8 Å². The van der Waals surface area contributed by atoms with E-state index in [1.54, 1.807) is 18.2 Å². The molecule has 1 aliphatic heterocycles. The minimum atomic E-state index is 0. The van der Waals surface area contributed by atoms with E-state index < -0.39 is 0 Å². The number of likely N-dealkylation sites (N-methyl/N-ethyl adjacent to an activating group) is 1. The van der Waals surface area contributed by atoms with Crippen molar-refractivity contribution in [1.29, 1.82) is 0 Å². The fourth-order valence-corrected chi connectivity index (χ4v) is 5.30. The topological polar surface area (TPSA) is 12.5 Å². The SMILES string of the molecule is COc1ccc2c(c1)[C@]13CCCC[C@@H]1[C@H](C2)N(C)CC3.[Ca+2]. The van der Waals surface area contributed by atoms with Crippen LogP contribution in [0.3, 0.4) is 0 Å². The van der Waals surface area contributed by atoms with Crippen molar-refractivity contribution in [3.8, 4) is 5.75 Å². The molecular formula is C18H25CaNO+2. The summed E-state index contributed by atoms with van der Waals surface area (Å²) >= 11 is 0. The van der Waals surface area contributed by atoms with Crippen LogP contribution in [0.1, 0.15) is 43.2 Å². The van der Waals surface area contributed by atoms with Crippen LogP contribution in [0.15, 0.2) is 18.2 Å². The van der Waals surface area contributed by atoms with Crippen LogP contribution in [0.4, 0.5) is 0 Å². The molecule has 4 rings (SSSR count). The van der Waals surface area contributed by atoms with Gasteiger partial charge in [-0.1, -0.05) is 18.9 Å². The third-order valence-corrected chi connectivity index (χ3v) is 6.32. The summed E-state index contributed by atoms with van der Waals surface area (Å²) in [5, 5.41) is 0. The first kappa shape index (κ1) is 16.1. The molecule has 2 bridgehead atoms. The molecule has 3 atom stereocenters. The summed E-state index contributed by atoms with van der Waals surface area (Å²) in [7, 11) is 4.12. The fourth-order valence-electron chi connectivity index (χ4n) is 5.30. The van der Waals surface area contributed by atoms with Crippen LogP contribution >= 0.6 is 0 Å². The Balaban J connectivity index is 0.00000132. The fraction of sp³-hybridized carbons (Fsp3) is 0.667. The van der Waals surface area contributed by atoms with E-state index in [-0.39, 0.29) is 37.7 Å². The quantitative estimate of drug-likeness (QED) is 0.739. The molecular weight excluding hydrogens is 286 g/mol. The molecule has 1 aromatic carbocycles. The minimum absolute atomic E-state index is 0. The number of rotatable bonds is 1. The van der Waals surface area contributed by atoms with Crippen LogP contribution in [0.5, 0.6) is 5.75 Å². The summed E-state index contributed by atoms with van der Waals surface area (Å²) in [6.45, 7) is 1.26. The number of methoxy groups -OCH3 is 1. The van der Waals surface area contributed by atoms with Gasteiger partial charge in [-0.15, -0.1) is 0 Å². The normalized spacial score (nSPS) is 34.4. The molecule has 0 unspecified atom stereocenters. The van der Waals surface area contributed by atoms with Gasteiger partial charge in [-0.3, -0.25) is 0 Å². The van der Waals surface area contributed by atoms with E-state index >= 15 is 0 Å². The number of piperidine rings is 1. The molecule has 21 heavy (non-hydrogen) atoms. The van der Waals surface area contributed by atoms with Gasteiger partial charge < -0.3 is 9.64 Å². The summed E-state index contributed by atoms with van der Waals surface area (Å²) < 4.78 is 5.51. The molecule has 2 nitrogen and oxygen atoms in total. The van der Waals surface area contributed by atoms with Gasteiger partial charge in [-0.2, -0.15) is 0 Å². The Morgan fingerprint density at radius 1 is 1.24 bits per heavy atom. The Labute approximate surface area is 158 Å². The van der Waals surface area contributed by atoms with Gasteiger partial charge in [0, 0.05) is 11.5 Å². The molecule has 0 spiro atoms. The molecule has 0 amide bonds. The van der Waals surface area contributed by atoms with Gasteiger partial charge >= 0.3 is 37.7 Å². The van der Waals surface area contributed by atoms with Crippen molar-refractivity contribution in [2.24, 2.45) is 5.92 Å². The van der Waals surface area contributed by atoms with Crippen molar-refractivity contribution in [3.63, 3.8) is 0 Å². The third-order valence-electron chi connectivity index (χ3n) is 6.32. The van der Waals surface area contributed by atoms with Gasteiger partial charge in [0.25, 0.3) is 0 Å². The number of ether oxygens (including phenoxy) is 1. The smallest absolute Gasteiger partial charge is 0.497 e. The van der Waals surface area contributed by atoms with Gasteiger partial charge in [0.05, 0.1) is 7.11 Å². The second-order valence-electron chi connectivity index (χ2n) is 7.03. The maximum absolute atomic E-state index is 5.51. The summed E-state index contributed by atoms with van der Waals surface area (Å²) in [5.74, 6) is 1.91. The Morgan fingerprint density at radius 2 is 2.10 bits per heavy atom. The van der Waals surface area contributed by atoms with E-state index in [1.807, 2.05) is 0 Å². The molecule has 1 saturated carbocycles. The second-order valence-corrected chi connectivity index (χ2v) is 7.03. The number of benzene rings is 1. The van der Waals surface area contributed by atoms with Gasteiger partial charge in [0.1, 0.15) is 5.75 Å². The minimum Gasteiger partial charge on any atom is -0.497 e. The van der Waals surface area contributed by atoms with Crippen molar-refractivity contribution >= 4 is 37.7 Å². The monoisotopic (exact) mass is 311 g/mol. The first-order chi connectivity index (χ1) is 9.74. The molecule has 1 aromatic rings. The maximum Gasteiger partial charge on any atom is 2.00 e. The van der Waals surface area contributed by atoms with Crippen LogP contribution < -0.4 is 4.74 Å². The number of nitrogens with zero attached hydrogens (tertiary/aromatic N) is 1. The zero-order chi connectivity index (χ0) is 13.7. The number of likely N-dealkylation sites (tertiary alicyclic amines) is 1. The molecule has 3 heteroatoms. The largest absolute Gasteiger partial charge is 2.00 e. The van der Waals surface area contributed by atoms with E-state index in [2.05, 4.69) is 30.1 Å². The van der Waals surface area contributed by atoms with Crippen LogP contribution in [0.25, 0.3) is 0 Å². The van der Waals surface area contributed by atoms with E-state index in [0.29, 0.717) is 5.41 Å². The van der Waals surface area contributed by atoms with Crippen LogP contribution in [-0.4, -0.2) is 69.4 Å². The van der Waals surface area contributed by atoms with Gasteiger partial charge in [0.2, 0.25) is 0 Å². The first-order valence-electron chi connectivity index (χ1n) is 8.12.